The maximum absolute atomic E-state index is 7.57. The number of aliphatic hydroxyl groups excluding tert-OH is 2. The second-order valence-corrected chi connectivity index (χ2v) is 3.61. The van der Waals surface area contributed by atoms with Crippen LogP contribution in [-0.2, 0) is 21.7 Å². The van der Waals surface area contributed by atoms with Crippen LogP contribution >= 0.6 is 0 Å². The Bertz CT molecular complexity index is 70.6. The Kier molecular flexibility index (Phi) is 55.5. The van der Waals surface area contributed by atoms with Crippen LogP contribution in [0.25, 0.3) is 0 Å². The zero-order valence-corrected chi connectivity index (χ0v) is 13.7. The molecule has 0 aliphatic heterocycles. The van der Waals surface area contributed by atoms with Gasteiger partial charge in [-0.2, -0.15) is 6.42 Å². The van der Waals surface area contributed by atoms with Crippen LogP contribution in [0.4, 0.5) is 0 Å². The van der Waals surface area contributed by atoms with Gasteiger partial charge in [-0.1, -0.05) is 51.9 Å². The fourth-order valence-electron chi connectivity index (χ4n) is 1.13. The molecule has 0 radical (unpaired) electrons. The Morgan fingerprint density at radius 2 is 1.00 bits per heavy atom. The van der Waals surface area contributed by atoms with Crippen LogP contribution in [-0.4, -0.2) is 23.4 Å². The van der Waals surface area contributed by atoms with Crippen LogP contribution in [0.3, 0.4) is 0 Å². The molecule has 0 saturated carbocycles. The van der Waals surface area contributed by atoms with Gasteiger partial charge in [-0.05, 0) is 13.8 Å². The first kappa shape index (κ1) is 26.2. The second kappa shape index (κ2) is 36.0. The largest absolute Gasteiger partial charge is 0.397 e. The number of rotatable bonds is 7. The van der Waals surface area contributed by atoms with E-state index in [2.05, 4.69) is 13.8 Å². The topological polar surface area (TPSA) is 40.5 Å². The zero-order chi connectivity index (χ0) is 13.1. The van der Waals surface area contributed by atoms with Gasteiger partial charge >= 0.3 is 0 Å². The fourth-order valence-corrected chi connectivity index (χ4v) is 1.13. The van der Waals surface area contributed by atoms with Crippen molar-refractivity contribution in [2.24, 2.45) is 0 Å². The summed E-state index contributed by atoms with van der Waals surface area (Å²) in [6.07, 6.45) is 10.9. The molecular formula is C14H33O2Ti-. The summed E-state index contributed by atoms with van der Waals surface area (Å²) in [7, 11) is 0. The van der Waals surface area contributed by atoms with Crippen LogP contribution in [0.5, 0.6) is 0 Å². The Hall–Kier alpha value is 0.634. The van der Waals surface area contributed by atoms with E-state index in [9.17, 15) is 0 Å². The maximum atomic E-state index is 7.57. The molecule has 0 heterocycles. The van der Waals surface area contributed by atoms with Crippen LogP contribution in [0.1, 0.15) is 72.1 Å². The number of aliphatic hydroxyl groups is 2. The summed E-state index contributed by atoms with van der Waals surface area (Å²) in [4.78, 5) is 0. The Morgan fingerprint density at radius 3 is 1.29 bits per heavy atom. The third-order valence-electron chi connectivity index (χ3n) is 1.85. The average molecular weight is 281 g/mol. The molecule has 0 spiro atoms. The number of hydrogen-bond acceptors (Lipinski definition) is 2. The van der Waals surface area contributed by atoms with Gasteiger partial charge in [-0.3, -0.25) is 0 Å². The van der Waals surface area contributed by atoms with Gasteiger partial charge in [0.15, 0.2) is 0 Å². The number of hydrogen-bond donors (Lipinski definition) is 2. The van der Waals surface area contributed by atoms with Gasteiger partial charge in [0.25, 0.3) is 0 Å². The van der Waals surface area contributed by atoms with Crippen molar-refractivity contribution < 1.29 is 31.9 Å². The summed E-state index contributed by atoms with van der Waals surface area (Å²) in [6.45, 7) is 9.94. The van der Waals surface area contributed by atoms with Crippen molar-refractivity contribution in [3.05, 3.63) is 6.92 Å². The first-order valence-corrected chi connectivity index (χ1v) is 6.75. The standard InChI is InChI=1S/C10H21.2C2H6O.Ti/c1-3-5-7-9-10-8-6-4-2;2*1-2-3;/h1,3-10H2,2H3;2*3H,2H2,1H3;/q-1;;;. The molecule has 0 bridgehead atoms. The molecule has 17 heavy (non-hydrogen) atoms. The molecule has 2 nitrogen and oxygen atoms in total. The molecule has 0 aliphatic rings. The van der Waals surface area contributed by atoms with E-state index in [0.29, 0.717) is 0 Å². The predicted octanol–water partition coefficient (Wildman–Crippen LogP) is 3.96. The van der Waals surface area contributed by atoms with Gasteiger partial charge in [0, 0.05) is 34.9 Å². The van der Waals surface area contributed by atoms with Crippen molar-refractivity contribution >= 4 is 0 Å². The van der Waals surface area contributed by atoms with Crippen molar-refractivity contribution in [3.63, 3.8) is 0 Å². The van der Waals surface area contributed by atoms with Crippen molar-refractivity contribution in [1.29, 1.82) is 0 Å². The first-order chi connectivity index (χ1) is 7.74. The Balaban J connectivity index is -0.000000102. The molecule has 0 atom stereocenters. The normalized spacial score (nSPS) is 8.12. The fraction of sp³-hybridized carbons (Fsp3) is 0.929. The molecular weight excluding hydrogens is 248 g/mol. The van der Waals surface area contributed by atoms with E-state index in [1.807, 2.05) is 0 Å². The van der Waals surface area contributed by atoms with Crippen LogP contribution in [0, 0.1) is 6.92 Å². The van der Waals surface area contributed by atoms with E-state index in [-0.39, 0.29) is 34.9 Å². The Labute approximate surface area is 124 Å². The van der Waals surface area contributed by atoms with E-state index >= 15 is 0 Å². The van der Waals surface area contributed by atoms with E-state index in [1.165, 1.54) is 44.9 Å². The van der Waals surface area contributed by atoms with Gasteiger partial charge in [0.05, 0.1) is 0 Å². The van der Waals surface area contributed by atoms with Crippen molar-refractivity contribution in [3.8, 4) is 0 Å². The summed E-state index contributed by atoms with van der Waals surface area (Å²) in [5.74, 6) is 0. The quantitative estimate of drug-likeness (QED) is 0.421. The van der Waals surface area contributed by atoms with Crippen molar-refractivity contribution in [2.45, 2.75) is 72.1 Å². The number of unbranched alkanes of at least 4 members (excludes halogenated alkanes) is 7. The molecule has 0 amide bonds. The minimum absolute atomic E-state index is 0. The summed E-state index contributed by atoms with van der Waals surface area (Å²) < 4.78 is 0. The van der Waals surface area contributed by atoms with E-state index in [0.717, 1.165) is 6.42 Å². The summed E-state index contributed by atoms with van der Waals surface area (Å²) >= 11 is 0. The molecule has 0 aromatic rings. The van der Waals surface area contributed by atoms with Crippen LogP contribution in [0.2, 0.25) is 0 Å². The maximum Gasteiger partial charge on any atom is 0.0402 e. The molecule has 106 valence electrons. The first-order valence-electron chi connectivity index (χ1n) is 6.75. The third-order valence-corrected chi connectivity index (χ3v) is 1.85. The van der Waals surface area contributed by atoms with Crippen molar-refractivity contribution in [1.82, 2.24) is 0 Å². The van der Waals surface area contributed by atoms with Gasteiger partial charge in [-0.25, -0.2) is 0 Å². The monoisotopic (exact) mass is 281 g/mol. The van der Waals surface area contributed by atoms with Gasteiger partial charge in [0.1, 0.15) is 0 Å². The van der Waals surface area contributed by atoms with Gasteiger partial charge in [-0.15, -0.1) is 0 Å². The molecule has 0 rings (SSSR count). The molecule has 0 unspecified atom stereocenters. The average Bonchev–Trinajstić information content (AvgIpc) is 2.26. The van der Waals surface area contributed by atoms with E-state index < -0.39 is 0 Å². The molecule has 0 aromatic heterocycles. The summed E-state index contributed by atoms with van der Waals surface area (Å²) in [5, 5.41) is 15.1. The van der Waals surface area contributed by atoms with Crippen LogP contribution in [0.15, 0.2) is 0 Å². The van der Waals surface area contributed by atoms with Crippen molar-refractivity contribution in [2.75, 3.05) is 13.2 Å². The van der Waals surface area contributed by atoms with E-state index in [4.69, 9.17) is 10.2 Å². The zero-order valence-electron chi connectivity index (χ0n) is 12.2. The minimum atomic E-state index is 0. The molecule has 2 N–H and O–H groups in total. The summed E-state index contributed by atoms with van der Waals surface area (Å²) in [5.41, 5.74) is 0. The van der Waals surface area contributed by atoms with Gasteiger partial charge < -0.3 is 17.1 Å². The van der Waals surface area contributed by atoms with Gasteiger partial charge in [0.2, 0.25) is 0 Å². The molecule has 0 saturated heterocycles. The molecule has 0 fully saturated rings. The van der Waals surface area contributed by atoms with E-state index in [1.54, 1.807) is 13.8 Å². The molecule has 3 heteroatoms. The Morgan fingerprint density at radius 1 is 0.706 bits per heavy atom. The smallest absolute Gasteiger partial charge is 0.0402 e. The second-order valence-electron chi connectivity index (χ2n) is 3.61. The minimum Gasteiger partial charge on any atom is -0.397 e. The third kappa shape index (κ3) is 61.1. The molecule has 0 aromatic carbocycles. The predicted molar refractivity (Wildman–Crippen MR) is 73.5 cm³/mol. The molecule has 0 aliphatic carbocycles. The summed E-state index contributed by atoms with van der Waals surface area (Å²) in [6, 6.07) is 0. The van der Waals surface area contributed by atoms with Crippen LogP contribution < -0.4 is 0 Å². The SMILES string of the molecule is CCO.CCO.[CH2-]CCCCCCCCC.[Ti].